The van der Waals surface area contributed by atoms with E-state index in [1.54, 1.807) is 0 Å². The number of amides is 1. The number of aliphatic hydroxyl groups is 1. The summed E-state index contributed by atoms with van der Waals surface area (Å²) in [6, 6.07) is 17.6. The number of hydrogen-bond acceptors (Lipinski definition) is 8. The fourth-order valence-electron chi connectivity index (χ4n) is 3.59. The summed E-state index contributed by atoms with van der Waals surface area (Å²) in [7, 11) is -3.93. The number of aliphatic hydroxyl groups excluding tert-OH is 1. The monoisotopic (exact) mass is 479 g/mol. The van der Waals surface area contributed by atoms with Gasteiger partial charge in [0.15, 0.2) is 6.29 Å². The van der Waals surface area contributed by atoms with Gasteiger partial charge < -0.3 is 24.6 Å². The van der Waals surface area contributed by atoms with Crippen molar-refractivity contribution in [2.24, 2.45) is 0 Å². The molecule has 0 spiro atoms. The zero-order valence-electron chi connectivity index (χ0n) is 18.5. The van der Waals surface area contributed by atoms with Crippen LogP contribution in [0.2, 0.25) is 0 Å². The molecule has 3 rings (SSSR count). The van der Waals surface area contributed by atoms with E-state index in [4.69, 9.17) is 18.4 Å². The molecule has 0 aromatic heterocycles. The Balaban J connectivity index is 1.81. The minimum atomic E-state index is -3.93. The van der Waals surface area contributed by atoms with Crippen LogP contribution in [0.4, 0.5) is 0 Å². The molecule has 2 N–H and O–H groups in total. The van der Waals surface area contributed by atoms with Gasteiger partial charge in [-0.2, -0.15) is 8.42 Å². The average molecular weight is 480 g/mol. The van der Waals surface area contributed by atoms with E-state index in [0.29, 0.717) is 0 Å². The van der Waals surface area contributed by atoms with E-state index in [1.807, 2.05) is 60.7 Å². The number of nitrogens with one attached hydrogen (secondary N) is 1. The fraction of sp³-hybridized carbons (Fsp3) is 0.435. The molecule has 1 amide bonds. The zero-order chi connectivity index (χ0) is 23.8. The summed E-state index contributed by atoms with van der Waals surface area (Å²) < 4.78 is 46.8. The van der Waals surface area contributed by atoms with Crippen LogP contribution in [0.25, 0.3) is 0 Å². The lowest BCUT2D eigenvalue weighted by Crippen LogP contribution is -2.65. The van der Waals surface area contributed by atoms with E-state index >= 15 is 0 Å². The molecule has 1 fully saturated rings. The van der Waals surface area contributed by atoms with Gasteiger partial charge >= 0.3 is 0 Å². The second-order valence-corrected chi connectivity index (χ2v) is 9.42. The molecule has 0 aliphatic carbocycles. The summed E-state index contributed by atoms with van der Waals surface area (Å²) in [4.78, 5) is 11.8. The summed E-state index contributed by atoms with van der Waals surface area (Å²) in [5, 5.41) is 13.2. The quantitative estimate of drug-likeness (QED) is 0.490. The van der Waals surface area contributed by atoms with Gasteiger partial charge in [0.1, 0.15) is 24.4 Å². The molecule has 0 unspecified atom stereocenters. The molecule has 10 heteroatoms. The number of hydrogen-bond donors (Lipinski definition) is 2. The van der Waals surface area contributed by atoms with Crippen LogP contribution < -0.4 is 5.32 Å². The first-order valence-electron chi connectivity index (χ1n) is 10.5. The number of rotatable bonds is 10. The Morgan fingerprint density at radius 1 is 1.00 bits per heavy atom. The van der Waals surface area contributed by atoms with Crippen LogP contribution in [0.15, 0.2) is 60.7 Å². The van der Waals surface area contributed by atoms with E-state index in [9.17, 15) is 18.3 Å². The number of carbonyl (C=O) groups is 1. The molecule has 2 aromatic rings. The molecule has 0 bridgehead atoms. The number of carbonyl (C=O) groups excluding carboxylic acids is 1. The Labute approximate surface area is 193 Å². The zero-order valence-corrected chi connectivity index (χ0v) is 19.3. The highest BCUT2D eigenvalue weighted by atomic mass is 32.2. The molecule has 2 aromatic carbocycles. The largest absolute Gasteiger partial charge is 0.374 e. The Morgan fingerprint density at radius 2 is 1.58 bits per heavy atom. The summed E-state index contributed by atoms with van der Waals surface area (Å²) >= 11 is 0. The molecular formula is C23H29NO8S. The van der Waals surface area contributed by atoms with Crippen molar-refractivity contribution in [2.75, 3.05) is 12.9 Å². The van der Waals surface area contributed by atoms with E-state index in [0.717, 1.165) is 17.4 Å². The third kappa shape index (κ3) is 7.88. The maximum atomic E-state index is 12.0. The summed E-state index contributed by atoms with van der Waals surface area (Å²) in [5.74, 6) is -0.437. The highest BCUT2D eigenvalue weighted by Crippen LogP contribution is 2.28. The van der Waals surface area contributed by atoms with Crippen LogP contribution >= 0.6 is 0 Å². The number of ether oxygens (including phenoxy) is 3. The van der Waals surface area contributed by atoms with Crippen LogP contribution in [-0.2, 0) is 46.5 Å². The van der Waals surface area contributed by atoms with Crippen LogP contribution in [0.3, 0.4) is 0 Å². The van der Waals surface area contributed by atoms with Crippen LogP contribution in [-0.4, -0.2) is 62.9 Å². The van der Waals surface area contributed by atoms with E-state index in [2.05, 4.69) is 5.32 Å². The second kappa shape index (κ2) is 11.7. The maximum absolute atomic E-state index is 12.0. The third-order valence-corrected chi connectivity index (χ3v) is 5.57. The average Bonchev–Trinajstić information content (AvgIpc) is 2.76. The van der Waals surface area contributed by atoms with Crippen LogP contribution in [0, 0.1) is 0 Å². The molecule has 5 atom stereocenters. The van der Waals surface area contributed by atoms with E-state index in [-0.39, 0.29) is 19.8 Å². The molecule has 0 radical (unpaired) electrons. The minimum absolute atomic E-state index is 0.0653. The lowest BCUT2D eigenvalue weighted by Gasteiger charge is -2.44. The molecule has 1 aliphatic heterocycles. The smallest absolute Gasteiger partial charge is 0.264 e. The topological polar surface area (TPSA) is 120 Å². The highest BCUT2D eigenvalue weighted by molar-refractivity contribution is 7.86. The minimum Gasteiger partial charge on any atom is -0.374 e. The summed E-state index contributed by atoms with van der Waals surface area (Å²) in [5.41, 5.74) is 1.75. The van der Waals surface area contributed by atoms with Crippen LogP contribution in [0.1, 0.15) is 18.1 Å². The Bertz CT molecular complexity index is 986. The van der Waals surface area contributed by atoms with Crippen molar-refractivity contribution < 1.29 is 36.7 Å². The molecule has 9 nitrogen and oxygen atoms in total. The van der Waals surface area contributed by atoms with Crippen molar-refractivity contribution in [3.8, 4) is 0 Å². The van der Waals surface area contributed by atoms with Gasteiger partial charge in [-0.25, -0.2) is 0 Å². The third-order valence-electron chi connectivity index (χ3n) is 5.00. The maximum Gasteiger partial charge on any atom is 0.264 e. The van der Waals surface area contributed by atoms with Gasteiger partial charge in [0.25, 0.3) is 10.1 Å². The van der Waals surface area contributed by atoms with E-state index in [1.165, 1.54) is 6.92 Å². The van der Waals surface area contributed by atoms with Gasteiger partial charge in [0.2, 0.25) is 5.91 Å². The van der Waals surface area contributed by atoms with Crippen molar-refractivity contribution >= 4 is 16.0 Å². The SMILES string of the molecule is CC(=O)N[C@H]1[C@@H](OCc2ccccc2)[C@H](OS(C)(=O)=O)[C@@H](COCc2ccccc2)O[C@@H]1O. The van der Waals surface area contributed by atoms with Gasteiger partial charge in [0.05, 0.1) is 26.1 Å². The lowest BCUT2D eigenvalue weighted by atomic mass is 9.96. The van der Waals surface area contributed by atoms with Gasteiger partial charge in [-0.05, 0) is 11.1 Å². The van der Waals surface area contributed by atoms with Gasteiger partial charge in [-0.1, -0.05) is 60.7 Å². The molecule has 1 saturated heterocycles. The van der Waals surface area contributed by atoms with Crippen molar-refractivity contribution in [2.45, 2.75) is 50.8 Å². The molecular weight excluding hydrogens is 450 g/mol. The predicted molar refractivity (Wildman–Crippen MR) is 119 cm³/mol. The summed E-state index contributed by atoms with van der Waals surface area (Å²) in [6.45, 7) is 1.58. The number of benzene rings is 2. The molecule has 180 valence electrons. The standard InChI is InChI=1S/C23H29NO8S/c1-16(25)24-20-22(30-14-18-11-7-4-8-12-18)21(32-33(2,27)28)19(31-23(20)26)15-29-13-17-9-5-3-6-10-17/h3-12,19-23,26H,13-15H2,1-2H3,(H,24,25)/t19-,20+,21-,22-,23+/m1/s1. The highest BCUT2D eigenvalue weighted by Gasteiger charge is 2.49. The molecule has 33 heavy (non-hydrogen) atoms. The fourth-order valence-corrected chi connectivity index (χ4v) is 4.23. The molecule has 0 saturated carbocycles. The Hall–Kier alpha value is -2.34. The normalized spacial score (nSPS) is 25.5. The van der Waals surface area contributed by atoms with Crippen molar-refractivity contribution in [3.05, 3.63) is 71.8 Å². The van der Waals surface area contributed by atoms with Crippen molar-refractivity contribution in [1.82, 2.24) is 5.32 Å². The van der Waals surface area contributed by atoms with Gasteiger partial charge in [-0.3, -0.25) is 8.98 Å². The Morgan fingerprint density at radius 3 is 2.12 bits per heavy atom. The summed E-state index contributed by atoms with van der Waals surface area (Å²) in [6.07, 6.45) is -3.71. The molecule has 1 heterocycles. The first-order valence-corrected chi connectivity index (χ1v) is 12.3. The molecule has 1 aliphatic rings. The van der Waals surface area contributed by atoms with Gasteiger partial charge in [0, 0.05) is 6.92 Å². The van der Waals surface area contributed by atoms with Crippen molar-refractivity contribution in [1.29, 1.82) is 0 Å². The first kappa shape index (κ1) is 25.3. The van der Waals surface area contributed by atoms with E-state index < -0.39 is 46.7 Å². The Kier molecular flexibility index (Phi) is 8.95. The second-order valence-electron chi connectivity index (χ2n) is 7.82. The first-order chi connectivity index (χ1) is 15.7. The lowest BCUT2D eigenvalue weighted by molar-refractivity contribution is -0.261. The van der Waals surface area contributed by atoms with Crippen molar-refractivity contribution in [3.63, 3.8) is 0 Å². The van der Waals surface area contributed by atoms with Crippen LogP contribution in [0.5, 0.6) is 0 Å². The van der Waals surface area contributed by atoms with Gasteiger partial charge in [-0.15, -0.1) is 0 Å². The predicted octanol–water partition coefficient (Wildman–Crippen LogP) is 1.36.